The molecule has 2 heterocycles. The van der Waals surface area contributed by atoms with Crippen molar-refractivity contribution < 1.29 is 13.9 Å². The fourth-order valence-corrected chi connectivity index (χ4v) is 2.98. The number of furan rings is 1. The van der Waals surface area contributed by atoms with Crippen LogP contribution in [0.3, 0.4) is 0 Å². The van der Waals surface area contributed by atoms with Gasteiger partial charge in [0.25, 0.3) is 0 Å². The van der Waals surface area contributed by atoms with Crippen molar-refractivity contribution >= 4 is 17.7 Å². The molecule has 0 aromatic carbocycles. The molecule has 2 rings (SSSR count). The van der Waals surface area contributed by atoms with E-state index in [1.54, 1.807) is 12.3 Å². The first-order chi connectivity index (χ1) is 11.6. The van der Waals surface area contributed by atoms with Gasteiger partial charge in [0.2, 0.25) is 0 Å². The fraction of sp³-hybridized carbons (Fsp3) is 0.471. The first kappa shape index (κ1) is 18.3. The average Bonchev–Trinajstić information content (AvgIpc) is 3.14. The quantitative estimate of drug-likeness (QED) is 0.296. The van der Waals surface area contributed by atoms with Gasteiger partial charge in [0.15, 0.2) is 11.0 Å². The Morgan fingerprint density at radius 1 is 1.54 bits per heavy atom. The van der Waals surface area contributed by atoms with Crippen molar-refractivity contribution in [1.82, 2.24) is 14.8 Å². The zero-order valence-electron chi connectivity index (χ0n) is 14.3. The molecule has 2 aromatic rings. The third-order valence-corrected chi connectivity index (χ3v) is 4.54. The summed E-state index contributed by atoms with van der Waals surface area (Å²) in [5, 5.41) is 8.79. The number of carbonyl (C=O) groups is 1. The van der Waals surface area contributed by atoms with E-state index >= 15 is 0 Å². The summed E-state index contributed by atoms with van der Waals surface area (Å²) in [4.78, 5) is 12.0. The molecule has 0 saturated carbocycles. The third kappa shape index (κ3) is 4.29. The second-order valence-electron chi connectivity index (χ2n) is 5.38. The van der Waals surface area contributed by atoms with Crippen LogP contribution in [0.25, 0.3) is 11.4 Å². The van der Waals surface area contributed by atoms with Crippen LogP contribution in [0.4, 0.5) is 0 Å². The van der Waals surface area contributed by atoms with Crippen LogP contribution in [0.2, 0.25) is 0 Å². The lowest BCUT2D eigenvalue weighted by atomic mass is 10.2. The molecule has 0 radical (unpaired) electrons. The normalized spacial score (nSPS) is 12.1. The van der Waals surface area contributed by atoms with E-state index in [4.69, 9.17) is 9.15 Å². The van der Waals surface area contributed by atoms with Crippen molar-refractivity contribution in [3.63, 3.8) is 0 Å². The molecule has 24 heavy (non-hydrogen) atoms. The number of unbranched alkanes of at least 4 members (excludes halogenated alkanes) is 1. The minimum absolute atomic E-state index is 0.234. The van der Waals surface area contributed by atoms with Crippen molar-refractivity contribution in [1.29, 1.82) is 0 Å². The van der Waals surface area contributed by atoms with E-state index in [1.807, 2.05) is 24.5 Å². The van der Waals surface area contributed by atoms with E-state index in [-0.39, 0.29) is 11.2 Å². The molecule has 0 spiro atoms. The maximum atomic E-state index is 12.0. The van der Waals surface area contributed by atoms with Crippen molar-refractivity contribution in [3.8, 4) is 11.4 Å². The Morgan fingerprint density at radius 2 is 2.33 bits per heavy atom. The van der Waals surface area contributed by atoms with Gasteiger partial charge in [-0.15, -0.1) is 16.8 Å². The number of aromatic nitrogens is 3. The number of allylic oxidation sites excluding steroid dienone is 1. The van der Waals surface area contributed by atoms with Crippen LogP contribution in [-0.4, -0.2) is 32.6 Å². The summed E-state index contributed by atoms with van der Waals surface area (Å²) >= 11 is 1.34. The van der Waals surface area contributed by atoms with Crippen molar-refractivity contribution in [2.75, 3.05) is 6.61 Å². The van der Waals surface area contributed by atoms with Gasteiger partial charge in [-0.05, 0) is 26.3 Å². The fourth-order valence-electron chi connectivity index (χ4n) is 2.13. The molecule has 0 amide bonds. The summed E-state index contributed by atoms with van der Waals surface area (Å²) in [6.07, 6.45) is 5.27. The molecular weight excluding hydrogens is 326 g/mol. The first-order valence-electron chi connectivity index (χ1n) is 8.00. The number of aryl methyl sites for hydroxylation is 1. The SMILES string of the molecule is C=CCn1c(SC(C)C(=O)OCCCC)nnc1-c1ccoc1C. The molecular formula is C17H23N3O3S. The summed E-state index contributed by atoms with van der Waals surface area (Å²) in [6, 6.07) is 1.86. The highest BCUT2D eigenvalue weighted by Crippen LogP contribution is 2.29. The Labute approximate surface area is 146 Å². The predicted molar refractivity (Wildman–Crippen MR) is 93.8 cm³/mol. The third-order valence-electron chi connectivity index (χ3n) is 3.48. The molecule has 0 aliphatic rings. The van der Waals surface area contributed by atoms with E-state index in [1.165, 1.54) is 11.8 Å². The Kier molecular flexibility index (Phi) is 6.66. The lowest BCUT2D eigenvalue weighted by Gasteiger charge is -2.12. The molecule has 0 saturated heterocycles. The van der Waals surface area contributed by atoms with Crippen LogP contribution in [0.5, 0.6) is 0 Å². The zero-order valence-corrected chi connectivity index (χ0v) is 15.1. The second-order valence-corrected chi connectivity index (χ2v) is 6.69. The lowest BCUT2D eigenvalue weighted by Crippen LogP contribution is -2.18. The molecule has 1 atom stereocenters. The molecule has 0 bridgehead atoms. The van der Waals surface area contributed by atoms with Gasteiger partial charge in [0.05, 0.1) is 18.4 Å². The van der Waals surface area contributed by atoms with Crippen LogP contribution >= 0.6 is 11.8 Å². The van der Waals surface area contributed by atoms with Crippen LogP contribution in [0.15, 0.2) is 34.6 Å². The summed E-state index contributed by atoms with van der Waals surface area (Å²) in [5.74, 6) is 1.24. The Balaban J connectivity index is 2.15. The molecule has 0 N–H and O–H groups in total. The number of nitrogens with zero attached hydrogens (tertiary/aromatic N) is 3. The molecule has 7 heteroatoms. The highest BCUT2D eigenvalue weighted by Gasteiger charge is 2.22. The van der Waals surface area contributed by atoms with Gasteiger partial charge >= 0.3 is 5.97 Å². The van der Waals surface area contributed by atoms with E-state index in [0.29, 0.717) is 24.1 Å². The topological polar surface area (TPSA) is 70.2 Å². The maximum Gasteiger partial charge on any atom is 0.319 e. The second kappa shape index (κ2) is 8.73. The Bertz CT molecular complexity index is 693. The van der Waals surface area contributed by atoms with Crippen LogP contribution in [0.1, 0.15) is 32.4 Å². The van der Waals surface area contributed by atoms with Crippen LogP contribution < -0.4 is 0 Å². The number of carbonyl (C=O) groups excluding carboxylic acids is 1. The highest BCUT2D eigenvalue weighted by atomic mass is 32.2. The molecule has 2 aromatic heterocycles. The van der Waals surface area contributed by atoms with E-state index < -0.39 is 0 Å². The number of thioether (sulfide) groups is 1. The van der Waals surface area contributed by atoms with Gasteiger partial charge < -0.3 is 9.15 Å². The van der Waals surface area contributed by atoms with E-state index in [0.717, 1.165) is 24.2 Å². The summed E-state index contributed by atoms with van der Waals surface area (Å²) in [5.41, 5.74) is 0.884. The highest BCUT2D eigenvalue weighted by molar-refractivity contribution is 8.00. The minimum atomic E-state index is -0.354. The zero-order chi connectivity index (χ0) is 17.5. The van der Waals surface area contributed by atoms with Gasteiger partial charge in [-0.2, -0.15) is 0 Å². The van der Waals surface area contributed by atoms with E-state index in [2.05, 4.69) is 23.7 Å². The Morgan fingerprint density at radius 3 is 2.96 bits per heavy atom. The number of hydrogen-bond donors (Lipinski definition) is 0. The smallest absolute Gasteiger partial charge is 0.319 e. The predicted octanol–water partition coefficient (Wildman–Crippen LogP) is 3.86. The minimum Gasteiger partial charge on any atom is -0.469 e. The molecule has 0 aliphatic heterocycles. The van der Waals surface area contributed by atoms with E-state index in [9.17, 15) is 4.79 Å². The molecule has 1 unspecified atom stereocenters. The summed E-state index contributed by atoms with van der Waals surface area (Å²) in [7, 11) is 0. The van der Waals surface area contributed by atoms with Gasteiger partial charge in [-0.25, -0.2) is 0 Å². The first-order valence-corrected chi connectivity index (χ1v) is 8.88. The average molecular weight is 349 g/mol. The standard InChI is InChI=1S/C17H23N3O3S/c1-5-7-10-23-16(21)13(4)24-17-19-18-15(20(17)9-6-2)14-8-11-22-12(14)3/h6,8,11,13H,2,5,7,9-10H2,1,3-4H3. The van der Waals surface area contributed by atoms with Crippen molar-refractivity contribution in [2.45, 2.75) is 50.6 Å². The summed E-state index contributed by atoms with van der Waals surface area (Å²) < 4.78 is 12.5. The largest absolute Gasteiger partial charge is 0.469 e. The molecule has 0 aliphatic carbocycles. The number of ether oxygens (including phenoxy) is 1. The molecule has 0 fully saturated rings. The van der Waals surface area contributed by atoms with Gasteiger partial charge in [-0.1, -0.05) is 31.2 Å². The number of hydrogen-bond acceptors (Lipinski definition) is 6. The van der Waals surface area contributed by atoms with Crippen LogP contribution in [0, 0.1) is 6.92 Å². The molecule has 6 nitrogen and oxygen atoms in total. The van der Waals surface area contributed by atoms with Gasteiger partial charge in [0, 0.05) is 6.54 Å². The van der Waals surface area contributed by atoms with Crippen LogP contribution in [-0.2, 0) is 16.1 Å². The monoisotopic (exact) mass is 349 g/mol. The van der Waals surface area contributed by atoms with Gasteiger partial charge in [-0.3, -0.25) is 9.36 Å². The maximum absolute atomic E-state index is 12.0. The van der Waals surface area contributed by atoms with Crippen molar-refractivity contribution in [2.24, 2.45) is 0 Å². The Hall–Kier alpha value is -2.02. The van der Waals surface area contributed by atoms with Crippen molar-refractivity contribution in [3.05, 3.63) is 30.7 Å². The lowest BCUT2D eigenvalue weighted by molar-refractivity contribution is -0.142. The molecule has 130 valence electrons. The summed E-state index contributed by atoms with van der Waals surface area (Å²) in [6.45, 7) is 10.5. The number of rotatable bonds is 9. The van der Waals surface area contributed by atoms with Gasteiger partial charge in [0.1, 0.15) is 11.0 Å². The number of esters is 1.